The molecule has 0 heterocycles. The van der Waals surface area contributed by atoms with Crippen LogP contribution in [0.5, 0.6) is 0 Å². The lowest BCUT2D eigenvalue weighted by molar-refractivity contribution is -0.143. The predicted molar refractivity (Wildman–Crippen MR) is 114 cm³/mol. The van der Waals surface area contributed by atoms with Crippen molar-refractivity contribution < 1.29 is 9.53 Å². The Labute approximate surface area is 166 Å². The molecule has 25 heavy (non-hydrogen) atoms. The van der Waals surface area contributed by atoms with Gasteiger partial charge in [0.05, 0.1) is 6.61 Å². The summed E-state index contributed by atoms with van der Waals surface area (Å²) in [6.07, 6.45) is 22.8. The fraction of sp³-hybridized carbons (Fsp3) is 0.955. The van der Waals surface area contributed by atoms with E-state index in [9.17, 15) is 4.79 Å². The zero-order valence-corrected chi connectivity index (χ0v) is 18.4. The Bertz CT molecular complexity index is 269. The highest BCUT2D eigenvalue weighted by Crippen LogP contribution is 2.13. The van der Waals surface area contributed by atoms with E-state index >= 15 is 0 Å². The average molecular weight is 419 g/mol. The number of esters is 1. The summed E-state index contributed by atoms with van der Waals surface area (Å²) in [5.41, 5.74) is 0. The molecule has 0 bridgehead atoms. The number of rotatable bonds is 20. The Morgan fingerprint density at radius 1 is 0.640 bits per heavy atom. The van der Waals surface area contributed by atoms with Crippen LogP contribution in [0, 0.1) is 0 Å². The molecule has 0 spiro atoms. The highest BCUT2D eigenvalue weighted by atomic mass is 79.9. The first kappa shape index (κ1) is 24.9. The van der Waals surface area contributed by atoms with Crippen LogP contribution in [-0.4, -0.2) is 17.9 Å². The zero-order valence-electron chi connectivity index (χ0n) is 16.8. The molecule has 0 aliphatic rings. The van der Waals surface area contributed by atoms with Crippen molar-refractivity contribution in [3.8, 4) is 0 Å². The van der Waals surface area contributed by atoms with E-state index in [-0.39, 0.29) is 5.97 Å². The summed E-state index contributed by atoms with van der Waals surface area (Å²) in [7, 11) is 0. The lowest BCUT2D eigenvalue weighted by Crippen LogP contribution is -2.05. The van der Waals surface area contributed by atoms with Crippen LogP contribution in [0.3, 0.4) is 0 Å². The van der Waals surface area contributed by atoms with Crippen molar-refractivity contribution in [3.05, 3.63) is 0 Å². The van der Waals surface area contributed by atoms with E-state index in [4.69, 9.17) is 4.74 Å². The molecule has 0 saturated carbocycles. The minimum absolute atomic E-state index is 0.00994. The van der Waals surface area contributed by atoms with Crippen LogP contribution in [0.25, 0.3) is 0 Å². The van der Waals surface area contributed by atoms with Gasteiger partial charge in [0.1, 0.15) is 0 Å². The number of unbranched alkanes of at least 4 members (excludes halogenated alkanes) is 15. The van der Waals surface area contributed by atoms with Gasteiger partial charge in [-0.05, 0) is 19.3 Å². The molecule has 0 unspecified atom stereocenters. The number of hydrogen-bond acceptors (Lipinski definition) is 2. The number of ether oxygens (including phenoxy) is 1. The molecule has 0 aromatic carbocycles. The Hall–Kier alpha value is -0.0500. The number of carbonyl (C=O) groups excluding carboxylic acids is 1. The smallest absolute Gasteiger partial charge is 0.305 e. The van der Waals surface area contributed by atoms with Crippen molar-refractivity contribution in [1.29, 1.82) is 0 Å². The van der Waals surface area contributed by atoms with Crippen molar-refractivity contribution in [1.82, 2.24) is 0 Å². The summed E-state index contributed by atoms with van der Waals surface area (Å²) in [4.78, 5) is 11.5. The van der Waals surface area contributed by atoms with Crippen LogP contribution in [0.2, 0.25) is 0 Å². The van der Waals surface area contributed by atoms with Crippen molar-refractivity contribution in [2.24, 2.45) is 0 Å². The number of carbonyl (C=O) groups is 1. The first-order valence-electron chi connectivity index (χ1n) is 11.0. The average Bonchev–Trinajstić information content (AvgIpc) is 2.62. The molecule has 0 fully saturated rings. The SMILES string of the molecule is CCCCCCCCCCCCCCCCOC(=O)CCCCCBr. The lowest BCUT2D eigenvalue weighted by Gasteiger charge is -2.05. The summed E-state index contributed by atoms with van der Waals surface area (Å²) >= 11 is 3.40. The molecule has 0 N–H and O–H groups in total. The highest BCUT2D eigenvalue weighted by molar-refractivity contribution is 9.09. The topological polar surface area (TPSA) is 26.3 Å². The van der Waals surface area contributed by atoms with Gasteiger partial charge in [0.15, 0.2) is 0 Å². The third kappa shape index (κ3) is 21.9. The van der Waals surface area contributed by atoms with Crippen molar-refractivity contribution in [2.45, 2.75) is 122 Å². The van der Waals surface area contributed by atoms with E-state index in [1.807, 2.05) is 0 Å². The van der Waals surface area contributed by atoms with E-state index in [1.54, 1.807) is 0 Å². The molecular weight excluding hydrogens is 376 g/mol. The number of alkyl halides is 1. The third-order valence-electron chi connectivity index (χ3n) is 4.78. The molecule has 0 saturated heterocycles. The molecule has 0 aliphatic carbocycles. The normalized spacial score (nSPS) is 11.0. The second-order valence-electron chi connectivity index (χ2n) is 7.32. The lowest BCUT2D eigenvalue weighted by atomic mass is 10.0. The molecule has 0 amide bonds. The van der Waals surface area contributed by atoms with E-state index in [2.05, 4.69) is 22.9 Å². The van der Waals surface area contributed by atoms with Gasteiger partial charge >= 0.3 is 5.97 Å². The molecule has 150 valence electrons. The first-order chi connectivity index (χ1) is 12.3. The summed E-state index contributed by atoms with van der Waals surface area (Å²) in [5, 5.41) is 1.03. The maximum Gasteiger partial charge on any atom is 0.305 e. The summed E-state index contributed by atoms with van der Waals surface area (Å²) in [6.45, 7) is 2.90. The Kier molecular flexibility index (Phi) is 21.9. The largest absolute Gasteiger partial charge is 0.466 e. The summed E-state index contributed by atoms with van der Waals surface area (Å²) in [5.74, 6) is -0.00994. The van der Waals surface area contributed by atoms with Crippen molar-refractivity contribution in [3.63, 3.8) is 0 Å². The van der Waals surface area contributed by atoms with Crippen LogP contribution in [0.1, 0.15) is 122 Å². The van der Waals surface area contributed by atoms with Gasteiger partial charge in [0.2, 0.25) is 0 Å². The summed E-state index contributed by atoms with van der Waals surface area (Å²) in [6, 6.07) is 0. The summed E-state index contributed by atoms with van der Waals surface area (Å²) < 4.78 is 5.28. The minimum atomic E-state index is -0.00994. The fourth-order valence-electron chi connectivity index (χ4n) is 3.10. The van der Waals surface area contributed by atoms with Crippen LogP contribution in [0.15, 0.2) is 0 Å². The second-order valence-corrected chi connectivity index (χ2v) is 8.11. The molecule has 0 aliphatic heterocycles. The Morgan fingerprint density at radius 2 is 1.08 bits per heavy atom. The van der Waals surface area contributed by atoms with Crippen LogP contribution < -0.4 is 0 Å². The standard InChI is InChI=1S/C22H43BrO2/c1-2-3-4-5-6-7-8-9-10-11-12-13-14-18-21-25-22(24)19-16-15-17-20-23/h2-21H2,1H3. The van der Waals surface area contributed by atoms with Gasteiger partial charge in [-0.1, -0.05) is 113 Å². The Balaban J connectivity index is 3.08. The Morgan fingerprint density at radius 3 is 1.56 bits per heavy atom. The first-order valence-corrected chi connectivity index (χ1v) is 12.1. The maximum absolute atomic E-state index is 11.5. The highest BCUT2D eigenvalue weighted by Gasteiger charge is 2.02. The third-order valence-corrected chi connectivity index (χ3v) is 5.34. The molecule has 0 aromatic rings. The molecule has 3 heteroatoms. The molecule has 2 nitrogen and oxygen atoms in total. The van der Waals surface area contributed by atoms with Gasteiger partial charge in [-0.2, -0.15) is 0 Å². The minimum Gasteiger partial charge on any atom is -0.466 e. The molecule has 0 aromatic heterocycles. The monoisotopic (exact) mass is 418 g/mol. The van der Waals surface area contributed by atoms with E-state index in [1.165, 1.54) is 83.5 Å². The molecule has 0 atom stereocenters. The number of hydrogen-bond donors (Lipinski definition) is 0. The van der Waals surface area contributed by atoms with Gasteiger partial charge in [0, 0.05) is 11.8 Å². The van der Waals surface area contributed by atoms with Gasteiger partial charge < -0.3 is 4.74 Å². The van der Waals surface area contributed by atoms with Crippen LogP contribution >= 0.6 is 15.9 Å². The fourth-order valence-corrected chi connectivity index (χ4v) is 3.49. The van der Waals surface area contributed by atoms with Crippen molar-refractivity contribution >= 4 is 21.9 Å². The maximum atomic E-state index is 11.5. The van der Waals surface area contributed by atoms with Gasteiger partial charge in [-0.3, -0.25) is 4.79 Å². The zero-order chi connectivity index (χ0) is 18.4. The predicted octanol–water partition coefficient (Wildman–Crippen LogP) is 7.97. The quantitative estimate of drug-likeness (QED) is 0.114. The number of halogens is 1. The molecule has 0 rings (SSSR count). The second kappa shape index (κ2) is 22.0. The molecular formula is C22H43BrO2. The van der Waals surface area contributed by atoms with E-state index in [0.29, 0.717) is 13.0 Å². The van der Waals surface area contributed by atoms with Crippen LogP contribution in [-0.2, 0) is 9.53 Å². The molecule has 0 radical (unpaired) electrons. The van der Waals surface area contributed by atoms with Gasteiger partial charge in [-0.25, -0.2) is 0 Å². The van der Waals surface area contributed by atoms with Gasteiger partial charge in [0.25, 0.3) is 0 Å². The van der Waals surface area contributed by atoms with Crippen molar-refractivity contribution in [2.75, 3.05) is 11.9 Å². The van der Waals surface area contributed by atoms with Crippen LogP contribution in [0.4, 0.5) is 0 Å². The van der Waals surface area contributed by atoms with E-state index < -0.39 is 0 Å². The van der Waals surface area contributed by atoms with E-state index in [0.717, 1.165) is 31.0 Å². The van der Waals surface area contributed by atoms with Gasteiger partial charge in [-0.15, -0.1) is 0 Å².